The van der Waals surface area contributed by atoms with E-state index in [1.807, 2.05) is 0 Å². The second kappa shape index (κ2) is 5.67. The zero-order valence-corrected chi connectivity index (χ0v) is 12.5. The fourth-order valence-electron chi connectivity index (χ4n) is 3.87. The highest BCUT2D eigenvalue weighted by molar-refractivity contribution is 5.59. The summed E-state index contributed by atoms with van der Waals surface area (Å²) in [6.45, 7) is 0.674. The molecule has 24 heavy (non-hydrogen) atoms. The van der Waals surface area contributed by atoms with Crippen LogP contribution in [-0.4, -0.2) is 19.4 Å². The topological polar surface area (TPSA) is 20.3 Å². The molecule has 132 valence electrons. The van der Waals surface area contributed by atoms with Crippen molar-refractivity contribution in [3.8, 4) is 0 Å². The number of carbonyl (C=O) groups excluding carboxylic acids is 1. The van der Waals surface area contributed by atoms with Gasteiger partial charge in [0.25, 0.3) is 0 Å². The second-order valence-corrected chi connectivity index (χ2v) is 6.52. The molecule has 1 aliphatic carbocycles. The lowest BCUT2D eigenvalue weighted by atomic mass is 10.0. The molecule has 8 heteroatoms. The van der Waals surface area contributed by atoms with Crippen molar-refractivity contribution < 1.29 is 31.1 Å². The number of hydrogen-bond donors (Lipinski definition) is 0. The highest BCUT2D eigenvalue weighted by Crippen LogP contribution is 2.46. The van der Waals surface area contributed by atoms with Gasteiger partial charge in [0.15, 0.2) is 0 Å². The molecular weight excluding hydrogens is 336 g/mol. The predicted octanol–water partition coefficient (Wildman–Crippen LogP) is 4.39. The van der Waals surface area contributed by atoms with Crippen molar-refractivity contribution in [1.82, 2.24) is 0 Å². The Morgan fingerprint density at radius 1 is 0.958 bits per heavy atom. The summed E-state index contributed by atoms with van der Waals surface area (Å²) < 4.78 is 77.9. The van der Waals surface area contributed by atoms with Gasteiger partial charge in [0, 0.05) is 24.7 Å². The van der Waals surface area contributed by atoms with Gasteiger partial charge in [-0.3, -0.25) is 0 Å². The van der Waals surface area contributed by atoms with Crippen LogP contribution < -0.4 is 4.90 Å². The van der Waals surface area contributed by atoms with Gasteiger partial charge in [0.1, 0.15) is 6.29 Å². The molecule has 1 aromatic carbocycles. The number of hydrogen-bond acceptors (Lipinski definition) is 2. The summed E-state index contributed by atoms with van der Waals surface area (Å²) in [4.78, 5) is 12.3. The molecule has 0 radical (unpaired) electrons. The van der Waals surface area contributed by atoms with Crippen LogP contribution in [0.15, 0.2) is 18.2 Å². The first-order valence-electron chi connectivity index (χ1n) is 7.58. The third-order valence-corrected chi connectivity index (χ3v) is 4.95. The van der Waals surface area contributed by atoms with Crippen molar-refractivity contribution in [2.45, 2.75) is 25.2 Å². The smallest absolute Gasteiger partial charge is 0.370 e. The zero-order valence-electron chi connectivity index (χ0n) is 12.5. The van der Waals surface area contributed by atoms with Gasteiger partial charge < -0.3 is 9.69 Å². The number of rotatable bonds is 2. The van der Waals surface area contributed by atoms with E-state index in [9.17, 15) is 31.1 Å². The van der Waals surface area contributed by atoms with E-state index < -0.39 is 23.5 Å². The Hall–Kier alpha value is -1.73. The van der Waals surface area contributed by atoms with Gasteiger partial charge >= 0.3 is 12.4 Å². The molecular formula is C16H15F6NO. The normalized spacial score (nSPS) is 27.4. The third-order valence-electron chi connectivity index (χ3n) is 4.95. The Labute approximate surface area is 134 Å². The lowest BCUT2D eigenvalue weighted by Gasteiger charge is -2.25. The summed E-state index contributed by atoms with van der Waals surface area (Å²) in [5.41, 5.74) is -2.78. The van der Waals surface area contributed by atoms with Crippen LogP contribution in [0.25, 0.3) is 0 Å². The SMILES string of the molecule is O=CC1C[C@@H]2CN(c3ccc(C(F)(F)F)cc3C(F)(F)F)C[C@@H]2C1. The van der Waals surface area contributed by atoms with E-state index in [4.69, 9.17) is 0 Å². The number of aldehydes is 1. The average Bonchev–Trinajstić information content (AvgIpc) is 3.02. The van der Waals surface area contributed by atoms with Gasteiger partial charge in [0.2, 0.25) is 0 Å². The summed E-state index contributed by atoms with van der Waals surface area (Å²) in [7, 11) is 0. The number of nitrogens with zero attached hydrogens (tertiary/aromatic N) is 1. The molecule has 2 aliphatic rings. The number of halogens is 6. The van der Waals surface area contributed by atoms with Gasteiger partial charge in [-0.15, -0.1) is 0 Å². The number of benzene rings is 1. The summed E-state index contributed by atoms with van der Waals surface area (Å²) in [6, 6.07) is 1.77. The van der Waals surface area contributed by atoms with E-state index in [-0.39, 0.29) is 29.5 Å². The van der Waals surface area contributed by atoms with Gasteiger partial charge in [-0.1, -0.05) is 0 Å². The molecule has 0 amide bonds. The van der Waals surface area contributed by atoms with Crippen LogP contribution in [0.4, 0.5) is 32.0 Å². The van der Waals surface area contributed by atoms with Crippen molar-refractivity contribution in [3.05, 3.63) is 29.3 Å². The summed E-state index contributed by atoms with van der Waals surface area (Å²) in [5.74, 6) is 0.170. The molecule has 1 saturated heterocycles. The Kier molecular flexibility index (Phi) is 4.04. The van der Waals surface area contributed by atoms with E-state index >= 15 is 0 Å². The number of alkyl halides is 6. The second-order valence-electron chi connectivity index (χ2n) is 6.52. The van der Waals surface area contributed by atoms with Crippen LogP contribution in [0.3, 0.4) is 0 Å². The Morgan fingerprint density at radius 3 is 2.00 bits per heavy atom. The lowest BCUT2D eigenvalue weighted by molar-refractivity contribution is -0.142. The summed E-state index contributed by atoms with van der Waals surface area (Å²) >= 11 is 0. The van der Waals surface area contributed by atoms with Crippen molar-refractivity contribution in [3.63, 3.8) is 0 Å². The van der Waals surface area contributed by atoms with E-state index in [0.717, 1.165) is 12.4 Å². The minimum absolute atomic E-state index is 0.0585. The Bertz CT molecular complexity index is 624. The van der Waals surface area contributed by atoms with Gasteiger partial charge in [-0.25, -0.2) is 0 Å². The van der Waals surface area contributed by atoms with E-state index in [1.165, 1.54) is 4.90 Å². The molecule has 2 nitrogen and oxygen atoms in total. The molecule has 1 saturated carbocycles. The molecule has 0 bridgehead atoms. The minimum Gasteiger partial charge on any atom is -0.370 e. The number of anilines is 1. The Balaban J connectivity index is 1.90. The predicted molar refractivity (Wildman–Crippen MR) is 74.4 cm³/mol. The van der Waals surface area contributed by atoms with Crippen LogP contribution in [0.5, 0.6) is 0 Å². The van der Waals surface area contributed by atoms with Gasteiger partial charge in [0.05, 0.1) is 11.1 Å². The maximum absolute atomic E-state index is 13.2. The van der Waals surface area contributed by atoms with Crippen LogP contribution in [0.1, 0.15) is 24.0 Å². The fourth-order valence-corrected chi connectivity index (χ4v) is 3.87. The maximum atomic E-state index is 13.2. The molecule has 0 aromatic heterocycles. The van der Waals surface area contributed by atoms with Gasteiger partial charge in [-0.2, -0.15) is 26.3 Å². The van der Waals surface area contributed by atoms with Crippen LogP contribution in [-0.2, 0) is 17.1 Å². The molecule has 1 aromatic rings. The summed E-state index contributed by atoms with van der Waals surface area (Å²) in [6.07, 6.45) is -7.54. The Morgan fingerprint density at radius 2 is 1.54 bits per heavy atom. The fraction of sp³-hybridized carbons (Fsp3) is 0.562. The highest BCUT2D eigenvalue weighted by Gasteiger charge is 2.44. The average molecular weight is 351 g/mol. The van der Waals surface area contributed by atoms with E-state index in [1.54, 1.807) is 0 Å². The highest BCUT2D eigenvalue weighted by atomic mass is 19.4. The van der Waals surface area contributed by atoms with E-state index in [0.29, 0.717) is 32.0 Å². The molecule has 0 spiro atoms. The molecule has 1 unspecified atom stereocenters. The molecule has 1 aliphatic heterocycles. The van der Waals surface area contributed by atoms with Crippen molar-refractivity contribution >= 4 is 12.0 Å². The first-order valence-corrected chi connectivity index (χ1v) is 7.58. The van der Waals surface area contributed by atoms with E-state index in [2.05, 4.69) is 0 Å². The van der Waals surface area contributed by atoms with Crippen LogP contribution in [0.2, 0.25) is 0 Å². The van der Waals surface area contributed by atoms with Crippen molar-refractivity contribution in [2.75, 3.05) is 18.0 Å². The molecule has 0 N–H and O–H groups in total. The first-order chi connectivity index (χ1) is 11.1. The largest absolute Gasteiger partial charge is 0.418 e. The quantitative estimate of drug-likeness (QED) is 0.582. The van der Waals surface area contributed by atoms with Gasteiger partial charge in [-0.05, 0) is 42.9 Å². The minimum atomic E-state index is -4.86. The molecule has 3 atom stereocenters. The molecule has 2 fully saturated rings. The summed E-state index contributed by atoms with van der Waals surface area (Å²) in [5, 5.41) is 0. The first kappa shape index (κ1) is 17.1. The third kappa shape index (κ3) is 3.10. The standard InChI is InChI=1S/C16H15F6NO/c17-15(18,19)12-1-2-14(13(5-12)16(20,21)22)23-6-10-3-9(8-24)4-11(10)7-23/h1-2,5,8-11H,3-4,6-7H2/t9?,10-,11+. The zero-order chi connectivity index (χ0) is 17.7. The lowest BCUT2D eigenvalue weighted by Crippen LogP contribution is -2.25. The number of fused-ring (bicyclic) bond motifs is 1. The van der Waals surface area contributed by atoms with Crippen LogP contribution in [0, 0.1) is 17.8 Å². The molecule has 1 heterocycles. The maximum Gasteiger partial charge on any atom is 0.418 e. The van der Waals surface area contributed by atoms with Crippen molar-refractivity contribution in [1.29, 1.82) is 0 Å². The monoisotopic (exact) mass is 351 g/mol. The van der Waals surface area contributed by atoms with Crippen molar-refractivity contribution in [2.24, 2.45) is 17.8 Å². The number of carbonyl (C=O) groups is 1. The van der Waals surface area contributed by atoms with Crippen LogP contribution >= 0.6 is 0 Å². The molecule has 3 rings (SSSR count).